The Morgan fingerprint density at radius 2 is 1.89 bits per heavy atom. The first-order valence-electron chi connectivity index (χ1n) is 5.21. The summed E-state index contributed by atoms with van der Waals surface area (Å²) in [7, 11) is 3.53. The molecule has 0 atom stereocenters. The Bertz CT molecular complexity index is 477. The topological polar surface area (TPSA) is 72.7 Å². The number of allylic oxidation sites excluding steroid dienone is 1. The van der Waals surface area contributed by atoms with Gasteiger partial charge >= 0.3 is 0 Å². The minimum absolute atomic E-state index is 0.0247. The zero-order valence-corrected chi connectivity index (χ0v) is 10.4. The summed E-state index contributed by atoms with van der Waals surface area (Å²) in [4.78, 5) is 23.0. The van der Waals surface area contributed by atoms with Gasteiger partial charge in [0.2, 0.25) is 0 Å². The summed E-state index contributed by atoms with van der Waals surface area (Å²) >= 11 is 0. The number of Topliss-reactive ketones (excluding diaryl/α,β-unsaturated/α-hetero) is 1. The quantitative estimate of drug-likeness (QED) is 0.346. The Kier molecular flexibility index (Phi) is 4.42. The fourth-order valence-corrected chi connectivity index (χ4v) is 1.19. The summed E-state index contributed by atoms with van der Waals surface area (Å²) in [6.07, 6.45) is 1.55. The van der Waals surface area contributed by atoms with E-state index in [9.17, 15) is 14.9 Å². The maximum atomic E-state index is 11.3. The van der Waals surface area contributed by atoms with E-state index in [1.54, 1.807) is 25.2 Å². The lowest BCUT2D eigenvalue weighted by Crippen LogP contribution is -2.11. The number of benzene rings is 1. The summed E-state index contributed by atoms with van der Waals surface area (Å²) in [5.41, 5.74) is -0.0247. The molecule has 18 heavy (non-hydrogen) atoms. The van der Waals surface area contributed by atoms with E-state index < -0.39 is 4.92 Å². The van der Waals surface area contributed by atoms with Gasteiger partial charge in [-0.1, -0.05) is 0 Å². The molecule has 6 heteroatoms. The average Bonchev–Trinajstić information content (AvgIpc) is 2.28. The number of carbonyl (C=O) groups excluding carboxylic acids is 1. The van der Waals surface area contributed by atoms with Gasteiger partial charge in [-0.05, 0) is 12.1 Å². The molecule has 0 spiro atoms. The number of hydrogen-bond donors (Lipinski definition) is 0. The van der Waals surface area contributed by atoms with Gasteiger partial charge in [0.15, 0.2) is 11.5 Å². The van der Waals surface area contributed by atoms with Crippen molar-refractivity contribution in [2.24, 2.45) is 0 Å². The molecule has 1 rings (SSSR count). The third kappa shape index (κ3) is 3.89. The predicted octanol–water partition coefficient (Wildman–Crippen LogP) is 1.97. The van der Waals surface area contributed by atoms with Crippen molar-refractivity contribution in [1.29, 1.82) is 0 Å². The van der Waals surface area contributed by atoms with Gasteiger partial charge in [-0.25, -0.2) is 0 Å². The van der Waals surface area contributed by atoms with E-state index in [-0.39, 0.29) is 17.2 Å². The van der Waals surface area contributed by atoms with Gasteiger partial charge in [-0.2, -0.15) is 0 Å². The molecule has 6 nitrogen and oxygen atoms in total. The fourth-order valence-electron chi connectivity index (χ4n) is 1.19. The molecular formula is C12H14N2O4. The first-order chi connectivity index (χ1) is 8.40. The van der Waals surface area contributed by atoms with E-state index in [0.717, 1.165) is 0 Å². The van der Waals surface area contributed by atoms with Crippen LogP contribution < -0.4 is 4.74 Å². The van der Waals surface area contributed by atoms with E-state index in [1.807, 2.05) is 0 Å². The number of ketones is 1. The van der Waals surface area contributed by atoms with Crippen molar-refractivity contribution < 1.29 is 14.5 Å². The van der Waals surface area contributed by atoms with Crippen LogP contribution in [-0.4, -0.2) is 29.7 Å². The summed E-state index contributed by atoms with van der Waals surface area (Å²) in [6, 6.07) is 5.54. The maximum absolute atomic E-state index is 11.3. The molecule has 0 amide bonds. The van der Waals surface area contributed by atoms with Crippen LogP contribution in [0.1, 0.15) is 6.92 Å². The van der Waals surface area contributed by atoms with E-state index in [4.69, 9.17) is 4.74 Å². The number of carbonyl (C=O) groups is 1. The zero-order valence-electron chi connectivity index (χ0n) is 10.4. The first kappa shape index (κ1) is 13.7. The van der Waals surface area contributed by atoms with Gasteiger partial charge < -0.3 is 9.64 Å². The van der Waals surface area contributed by atoms with Crippen LogP contribution in [0.3, 0.4) is 0 Å². The smallest absolute Gasteiger partial charge is 0.269 e. The Morgan fingerprint density at radius 1 is 1.33 bits per heavy atom. The van der Waals surface area contributed by atoms with Crippen molar-refractivity contribution in [3.8, 4) is 5.75 Å². The number of non-ortho nitro benzene ring substituents is 1. The van der Waals surface area contributed by atoms with Gasteiger partial charge in [-0.15, -0.1) is 0 Å². The fraction of sp³-hybridized carbons (Fsp3) is 0.250. The van der Waals surface area contributed by atoms with Crippen molar-refractivity contribution in [3.63, 3.8) is 0 Å². The first-order valence-corrected chi connectivity index (χ1v) is 5.21. The van der Waals surface area contributed by atoms with Crippen LogP contribution >= 0.6 is 0 Å². The molecule has 1 aromatic rings. The molecule has 0 N–H and O–H groups in total. The second-order valence-electron chi connectivity index (χ2n) is 3.87. The van der Waals surface area contributed by atoms with Crippen molar-refractivity contribution in [3.05, 3.63) is 46.3 Å². The second kappa shape index (κ2) is 5.81. The van der Waals surface area contributed by atoms with Crippen LogP contribution in [0, 0.1) is 10.1 Å². The highest BCUT2D eigenvalue weighted by molar-refractivity contribution is 5.91. The molecule has 0 aliphatic rings. The highest BCUT2D eigenvalue weighted by atomic mass is 16.6. The highest BCUT2D eigenvalue weighted by Gasteiger charge is 2.09. The molecule has 1 aromatic carbocycles. The van der Waals surface area contributed by atoms with Crippen LogP contribution in [-0.2, 0) is 4.79 Å². The molecule has 0 bridgehead atoms. The summed E-state index contributed by atoms with van der Waals surface area (Å²) in [5, 5.41) is 10.5. The molecule has 0 unspecified atom stereocenters. The van der Waals surface area contributed by atoms with Crippen LogP contribution in [0.2, 0.25) is 0 Å². The van der Waals surface area contributed by atoms with E-state index in [0.29, 0.717) is 5.75 Å². The minimum Gasteiger partial charge on any atom is -0.452 e. The summed E-state index contributed by atoms with van der Waals surface area (Å²) < 4.78 is 5.37. The summed E-state index contributed by atoms with van der Waals surface area (Å²) in [6.45, 7) is 1.39. The highest BCUT2D eigenvalue weighted by Crippen LogP contribution is 2.19. The molecule has 0 aliphatic carbocycles. The Hall–Kier alpha value is -2.37. The summed E-state index contributed by atoms with van der Waals surface area (Å²) in [5.74, 6) is 0.333. The molecule has 0 saturated carbocycles. The maximum Gasteiger partial charge on any atom is 0.269 e. The average molecular weight is 250 g/mol. The lowest BCUT2D eigenvalue weighted by Gasteiger charge is -2.10. The number of nitrogens with zero attached hydrogens (tertiary/aromatic N) is 2. The van der Waals surface area contributed by atoms with E-state index in [2.05, 4.69) is 0 Å². The van der Waals surface area contributed by atoms with Crippen molar-refractivity contribution in [2.75, 3.05) is 14.1 Å². The number of hydrogen-bond acceptors (Lipinski definition) is 5. The van der Waals surface area contributed by atoms with Gasteiger partial charge in [0.1, 0.15) is 5.75 Å². The Labute approximate surface area is 105 Å². The van der Waals surface area contributed by atoms with Gasteiger partial charge in [-0.3, -0.25) is 14.9 Å². The van der Waals surface area contributed by atoms with Crippen molar-refractivity contribution in [2.45, 2.75) is 6.92 Å². The van der Waals surface area contributed by atoms with E-state index >= 15 is 0 Å². The molecule has 0 heterocycles. The predicted molar refractivity (Wildman–Crippen MR) is 66.2 cm³/mol. The molecule has 0 fully saturated rings. The van der Waals surface area contributed by atoms with Crippen molar-refractivity contribution in [1.82, 2.24) is 4.90 Å². The zero-order chi connectivity index (χ0) is 13.7. The van der Waals surface area contributed by atoms with Crippen LogP contribution in [0.25, 0.3) is 0 Å². The lowest BCUT2D eigenvalue weighted by atomic mass is 10.3. The van der Waals surface area contributed by atoms with Gasteiger partial charge in [0.05, 0.1) is 4.92 Å². The SMILES string of the molecule is CC(=O)C(=CN(C)C)Oc1ccc([N+](=O)[O-])cc1. The molecule has 96 valence electrons. The normalized spacial score (nSPS) is 10.9. The number of nitro benzene ring substituents is 1. The van der Waals surface area contributed by atoms with Gasteiger partial charge in [0, 0.05) is 39.4 Å². The van der Waals surface area contributed by atoms with Crippen LogP contribution in [0.5, 0.6) is 5.75 Å². The molecule has 0 radical (unpaired) electrons. The Morgan fingerprint density at radius 3 is 2.28 bits per heavy atom. The number of ether oxygens (including phenoxy) is 1. The third-order valence-corrected chi connectivity index (χ3v) is 2.00. The van der Waals surface area contributed by atoms with Crippen molar-refractivity contribution >= 4 is 11.5 Å². The monoisotopic (exact) mass is 250 g/mol. The molecule has 0 aliphatic heterocycles. The third-order valence-electron chi connectivity index (χ3n) is 2.00. The largest absolute Gasteiger partial charge is 0.452 e. The number of rotatable bonds is 5. The molecule has 0 aromatic heterocycles. The van der Waals surface area contributed by atoms with Gasteiger partial charge in [0.25, 0.3) is 5.69 Å². The van der Waals surface area contributed by atoms with Crippen LogP contribution in [0.15, 0.2) is 36.2 Å². The molecule has 0 saturated heterocycles. The standard InChI is InChI=1S/C12H14N2O4/c1-9(15)12(8-13(2)3)18-11-6-4-10(5-7-11)14(16)17/h4-8H,1-3H3. The molecular weight excluding hydrogens is 236 g/mol. The Balaban J connectivity index is 2.88. The second-order valence-corrected chi connectivity index (χ2v) is 3.87. The van der Waals surface area contributed by atoms with E-state index in [1.165, 1.54) is 31.2 Å². The van der Waals surface area contributed by atoms with Crippen LogP contribution in [0.4, 0.5) is 5.69 Å². The number of nitro groups is 1. The lowest BCUT2D eigenvalue weighted by molar-refractivity contribution is -0.384. The minimum atomic E-state index is -0.495.